The smallest absolute Gasteiger partial charge is 0.269 e. The minimum Gasteiger partial charge on any atom is -0.493 e. The van der Waals surface area contributed by atoms with Gasteiger partial charge in [-0.3, -0.25) is 19.8 Å². The van der Waals surface area contributed by atoms with Crippen LogP contribution in [0.4, 0.5) is 11.4 Å². The van der Waals surface area contributed by atoms with E-state index in [0.29, 0.717) is 28.5 Å². The van der Waals surface area contributed by atoms with Gasteiger partial charge >= 0.3 is 0 Å². The standard InChI is InChI=1S/C17H16N2O5S/c1-23-14-7-6-12(9-15(14)24-2)18-16(20)10-25-17(18)11-4-3-5-13(8-11)19(21)22/h3-9,17H,10H2,1-2H3/t17-/m0/s1. The van der Waals surface area contributed by atoms with Crippen molar-refractivity contribution < 1.29 is 19.2 Å². The maximum absolute atomic E-state index is 12.4. The van der Waals surface area contributed by atoms with E-state index in [-0.39, 0.29) is 17.0 Å². The first-order valence-corrected chi connectivity index (χ1v) is 8.50. The van der Waals surface area contributed by atoms with Crippen LogP contribution in [-0.2, 0) is 4.79 Å². The quantitative estimate of drug-likeness (QED) is 0.600. The Balaban J connectivity index is 2.00. The summed E-state index contributed by atoms with van der Waals surface area (Å²) in [4.78, 5) is 24.6. The number of nitrogens with zero attached hydrogens (tertiary/aromatic N) is 2. The zero-order valence-corrected chi connectivity index (χ0v) is 14.5. The lowest BCUT2D eigenvalue weighted by Gasteiger charge is -2.25. The molecule has 1 fully saturated rings. The SMILES string of the molecule is COc1ccc(N2C(=O)CS[C@H]2c2cccc([N+](=O)[O-])c2)cc1OC. The molecule has 2 aromatic rings. The van der Waals surface area contributed by atoms with Crippen LogP contribution < -0.4 is 14.4 Å². The minimum atomic E-state index is -0.439. The summed E-state index contributed by atoms with van der Waals surface area (Å²) in [6.45, 7) is 0. The highest BCUT2D eigenvalue weighted by Crippen LogP contribution is 2.44. The van der Waals surface area contributed by atoms with Gasteiger partial charge < -0.3 is 9.47 Å². The number of non-ortho nitro benzene ring substituents is 1. The van der Waals surface area contributed by atoms with Crippen molar-refractivity contribution in [3.05, 3.63) is 58.1 Å². The number of nitro benzene ring substituents is 1. The predicted molar refractivity (Wildman–Crippen MR) is 95.3 cm³/mol. The summed E-state index contributed by atoms with van der Waals surface area (Å²) in [7, 11) is 3.07. The van der Waals surface area contributed by atoms with E-state index in [1.54, 1.807) is 42.3 Å². The fourth-order valence-corrected chi connectivity index (χ4v) is 3.88. The number of hydrogen-bond acceptors (Lipinski definition) is 6. The first-order valence-electron chi connectivity index (χ1n) is 7.45. The van der Waals surface area contributed by atoms with E-state index in [0.717, 1.165) is 0 Å². The molecule has 8 heteroatoms. The second kappa shape index (κ2) is 7.02. The van der Waals surface area contributed by atoms with Gasteiger partial charge in [-0.15, -0.1) is 11.8 Å². The second-order valence-electron chi connectivity index (χ2n) is 5.32. The molecule has 1 atom stereocenters. The minimum absolute atomic E-state index is 0.00436. The van der Waals surface area contributed by atoms with Crippen molar-refractivity contribution in [1.82, 2.24) is 0 Å². The van der Waals surface area contributed by atoms with E-state index >= 15 is 0 Å². The van der Waals surface area contributed by atoms with Crippen molar-refractivity contribution in [2.45, 2.75) is 5.37 Å². The van der Waals surface area contributed by atoms with Gasteiger partial charge in [-0.2, -0.15) is 0 Å². The Morgan fingerprint density at radius 1 is 1.16 bits per heavy atom. The molecule has 3 rings (SSSR count). The first-order chi connectivity index (χ1) is 12.0. The van der Waals surface area contributed by atoms with Gasteiger partial charge in [-0.05, 0) is 17.7 Å². The number of hydrogen-bond donors (Lipinski definition) is 0. The van der Waals surface area contributed by atoms with Crippen molar-refractivity contribution in [3.63, 3.8) is 0 Å². The molecule has 7 nitrogen and oxygen atoms in total. The Morgan fingerprint density at radius 2 is 1.92 bits per heavy atom. The van der Waals surface area contributed by atoms with E-state index in [1.807, 2.05) is 0 Å². The maximum atomic E-state index is 12.4. The maximum Gasteiger partial charge on any atom is 0.269 e. The molecule has 0 saturated carbocycles. The average Bonchev–Trinajstić information content (AvgIpc) is 3.02. The fourth-order valence-electron chi connectivity index (χ4n) is 2.72. The van der Waals surface area contributed by atoms with Gasteiger partial charge in [-0.1, -0.05) is 12.1 Å². The highest BCUT2D eigenvalue weighted by molar-refractivity contribution is 8.00. The molecule has 130 valence electrons. The highest BCUT2D eigenvalue weighted by Gasteiger charge is 2.35. The molecule has 0 N–H and O–H groups in total. The normalized spacial score (nSPS) is 16.8. The van der Waals surface area contributed by atoms with Crippen LogP contribution in [0.1, 0.15) is 10.9 Å². The molecule has 1 heterocycles. The van der Waals surface area contributed by atoms with Crippen molar-refractivity contribution in [3.8, 4) is 11.5 Å². The summed E-state index contributed by atoms with van der Waals surface area (Å²) in [5.74, 6) is 1.33. The number of rotatable bonds is 5. The third kappa shape index (κ3) is 3.25. The van der Waals surface area contributed by atoms with Gasteiger partial charge in [0.05, 0.1) is 24.9 Å². The van der Waals surface area contributed by atoms with Gasteiger partial charge in [-0.25, -0.2) is 0 Å². The first kappa shape index (κ1) is 17.1. The summed E-state index contributed by atoms with van der Waals surface area (Å²) in [6.07, 6.45) is 0. The van der Waals surface area contributed by atoms with Crippen LogP contribution in [0.25, 0.3) is 0 Å². The van der Waals surface area contributed by atoms with Gasteiger partial charge in [0.25, 0.3) is 5.69 Å². The Bertz CT molecular complexity index is 826. The molecule has 1 saturated heterocycles. The van der Waals surface area contributed by atoms with Crippen LogP contribution in [0.5, 0.6) is 11.5 Å². The summed E-state index contributed by atoms with van der Waals surface area (Å²) < 4.78 is 10.5. The number of thioether (sulfide) groups is 1. The van der Waals surface area contributed by atoms with E-state index in [1.165, 1.54) is 31.0 Å². The third-order valence-electron chi connectivity index (χ3n) is 3.88. The Hall–Kier alpha value is -2.74. The number of carbonyl (C=O) groups excluding carboxylic acids is 1. The summed E-state index contributed by atoms with van der Waals surface area (Å²) in [5, 5.41) is 10.7. The topological polar surface area (TPSA) is 81.9 Å². The van der Waals surface area contributed by atoms with Gasteiger partial charge in [0.2, 0.25) is 5.91 Å². The highest BCUT2D eigenvalue weighted by atomic mass is 32.2. The lowest BCUT2D eigenvalue weighted by molar-refractivity contribution is -0.384. The predicted octanol–water partition coefficient (Wildman–Crippen LogP) is 3.39. The molecule has 1 amide bonds. The molecule has 1 aliphatic heterocycles. The number of nitro groups is 1. The van der Waals surface area contributed by atoms with E-state index in [4.69, 9.17) is 9.47 Å². The number of benzene rings is 2. The van der Waals surface area contributed by atoms with Crippen LogP contribution in [0, 0.1) is 10.1 Å². The number of carbonyl (C=O) groups is 1. The second-order valence-corrected chi connectivity index (χ2v) is 6.39. The summed E-state index contributed by atoms with van der Waals surface area (Å²) in [5.41, 5.74) is 1.37. The molecule has 0 bridgehead atoms. The molecule has 1 aliphatic rings. The van der Waals surface area contributed by atoms with E-state index < -0.39 is 4.92 Å². The largest absolute Gasteiger partial charge is 0.493 e. The van der Waals surface area contributed by atoms with Crippen LogP contribution in [0.2, 0.25) is 0 Å². The summed E-state index contributed by atoms with van der Waals surface area (Å²) >= 11 is 1.43. The lowest BCUT2D eigenvalue weighted by Crippen LogP contribution is -2.27. The molecule has 0 aromatic heterocycles. The fraction of sp³-hybridized carbons (Fsp3) is 0.235. The lowest BCUT2D eigenvalue weighted by atomic mass is 10.1. The Kier molecular flexibility index (Phi) is 4.80. The van der Waals surface area contributed by atoms with Gasteiger partial charge in [0.15, 0.2) is 11.5 Å². The zero-order chi connectivity index (χ0) is 18.0. The number of ether oxygens (including phenoxy) is 2. The number of amides is 1. The van der Waals surface area contributed by atoms with Crippen molar-refractivity contribution in [1.29, 1.82) is 0 Å². The van der Waals surface area contributed by atoms with Crippen molar-refractivity contribution >= 4 is 29.0 Å². The van der Waals surface area contributed by atoms with Gasteiger partial charge in [0, 0.05) is 23.9 Å². The number of methoxy groups -OCH3 is 2. The molecule has 2 aromatic carbocycles. The van der Waals surface area contributed by atoms with Crippen molar-refractivity contribution in [2.75, 3.05) is 24.9 Å². The van der Waals surface area contributed by atoms with Crippen LogP contribution in [0.15, 0.2) is 42.5 Å². The molecule has 0 unspecified atom stereocenters. The Morgan fingerprint density at radius 3 is 2.60 bits per heavy atom. The van der Waals surface area contributed by atoms with E-state index in [2.05, 4.69) is 0 Å². The third-order valence-corrected chi connectivity index (χ3v) is 5.09. The van der Waals surface area contributed by atoms with E-state index in [9.17, 15) is 14.9 Å². The monoisotopic (exact) mass is 360 g/mol. The van der Waals surface area contributed by atoms with Crippen LogP contribution in [-0.4, -0.2) is 30.8 Å². The molecule has 0 aliphatic carbocycles. The number of anilines is 1. The molecular weight excluding hydrogens is 344 g/mol. The van der Waals surface area contributed by atoms with Crippen LogP contribution in [0.3, 0.4) is 0 Å². The Labute approximate surface area is 148 Å². The molecule has 0 radical (unpaired) electrons. The zero-order valence-electron chi connectivity index (χ0n) is 13.7. The van der Waals surface area contributed by atoms with Crippen molar-refractivity contribution in [2.24, 2.45) is 0 Å². The molecular formula is C17H16N2O5S. The van der Waals surface area contributed by atoms with Gasteiger partial charge in [0.1, 0.15) is 5.37 Å². The molecule has 0 spiro atoms. The molecule has 25 heavy (non-hydrogen) atoms. The average molecular weight is 360 g/mol. The summed E-state index contributed by atoms with van der Waals surface area (Å²) in [6, 6.07) is 11.6. The van der Waals surface area contributed by atoms with Crippen LogP contribution >= 0.6 is 11.8 Å².